The summed E-state index contributed by atoms with van der Waals surface area (Å²) in [5.74, 6) is 0.0582. The highest BCUT2D eigenvalue weighted by Crippen LogP contribution is 2.27. The lowest BCUT2D eigenvalue weighted by Gasteiger charge is -2.22. The van der Waals surface area contributed by atoms with Gasteiger partial charge in [-0.2, -0.15) is 0 Å². The van der Waals surface area contributed by atoms with Crippen molar-refractivity contribution in [1.82, 2.24) is 0 Å². The Balaban J connectivity index is 2.96. The van der Waals surface area contributed by atoms with Gasteiger partial charge in [-0.15, -0.1) is 0 Å². The molecular formula is C14H21NO. The van der Waals surface area contributed by atoms with Crippen LogP contribution in [0.5, 0.6) is 0 Å². The van der Waals surface area contributed by atoms with E-state index in [-0.39, 0.29) is 11.3 Å². The van der Waals surface area contributed by atoms with Gasteiger partial charge in [-0.05, 0) is 35.6 Å². The molecule has 2 nitrogen and oxygen atoms in total. The molecule has 0 unspecified atom stereocenters. The summed E-state index contributed by atoms with van der Waals surface area (Å²) in [4.78, 5) is 11.3. The minimum Gasteiger partial charge on any atom is -0.326 e. The second kappa shape index (κ2) is 4.69. The Morgan fingerprint density at radius 1 is 1.31 bits per heavy atom. The Morgan fingerprint density at radius 2 is 1.94 bits per heavy atom. The van der Waals surface area contributed by atoms with E-state index in [1.807, 2.05) is 19.1 Å². The fraction of sp³-hybridized carbons (Fsp3) is 0.500. The molecule has 1 aromatic rings. The minimum absolute atomic E-state index is 0.0582. The van der Waals surface area contributed by atoms with Gasteiger partial charge in [-0.1, -0.05) is 33.8 Å². The van der Waals surface area contributed by atoms with Crippen molar-refractivity contribution in [2.45, 2.75) is 46.5 Å². The van der Waals surface area contributed by atoms with Crippen molar-refractivity contribution in [1.29, 1.82) is 0 Å². The highest BCUT2D eigenvalue weighted by molar-refractivity contribution is 5.90. The molecule has 0 saturated heterocycles. The van der Waals surface area contributed by atoms with Crippen LogP contribution in [-0.4, -0.2) is 5.91 Å². The summed E-state index contributed by atoms with van der Waals surface area (Å²) in [6, 6.07) is 6.11. The molecule has 0 aliphatic carbocycles. The average molecular weight is 219 g/mol. The standard InChI is InChI=1S/C14H21NO/c1-6-13(16)15-11-7-8-12(10(2)9-11)14(3,4)5/h7-9H,6H2,1-5H3,(H,15,16). The zero-order chi connectivity index (χ0) is 12.3. The first-order valence-corrected chi connectivity index (χ1v) is 5.75. The number of hydrogen-bond donors (Lipinski definition) is 1. The molecule has 0 bridgehead atoms. The minimum atomic E-state index is 0.0582. The molecule has 0 aromatic heterocycles. The van der Waals surface area contributed by atoms with Crippen molar-refractivity contribution in [2.75, 3.05) is 5.32 Å². The molecule has 0 radical (unpaired) electrons. The number of carbonyl (C=O) groups is 1. The van der Waals surface area contributed by atoms with Gasteiger partial charge < -0.3 is 5.32 Å². The number of hydrogen-bond acceptors (Lipinski definition) is 1. The lowest BCUT2D eigenvalue weighted by atomic mass is 9.84. The highest BCUT2D eigenvalue weighted by atomic mass is 16.1. The number of anilines is 1. The van der Waals surface area contributed by atoms with E-state index in [1.165, 1.54) is 11.1 Å². The Hall–Kier alpha value is -1.31. The van der Waals surface area contributed by atoms with Crippen LogP contribution >= 0.6 is 0 Å². The van der Waals surface area contributed by atoms with Crippen molar-refractivity contribution >= 4 is 11.6 Å². The quantitative estimate of drug-likeness (QED) is 0.808. The molecule has 2 heteroatoms. The van der Waals surface area contributed by atoms with Crippen LogP contribution < -0.4 is 5.32 Å². The summed E-state index contributed by atoms with van der Waals surface area (Å²) in [6.07, 6.45) is 0.514. The average Bonchev–Trinajstić information content (AvgIpc) is 2.15. The molecule has 0 heterocycles. The summed E-state index contributed by atoms with van der Waals surface area (Å²) in [5, 5.41) is 2.87. The molecule has 0 atom stereocenters. The van der Waals surface area contributed by atoms with Gasteiger partial charge in [-0.25, -0.2) is 0 Å². The molecule has 1 aromatic carbocycles. The van der Waals surface area contributed by atoms with E-state index in [9.17, 15) is 4.79 Å². The molecule has 88 valence electrons. The monoisotopic (exact) mass is 219 g/mol. The third-order valence-corrected chi connectivity index (χ3v) is 2.64. The van der Waals surface area contributed by atoms with Gasteiger partial charge in [0.25, 0.3) is 0 Å². The first-order chi connectivity index (χ1) is 7.34. The van der Waals surface area contributed by atoms with Gasteiger partial charge >= 0.3 is 0 Å². The van der Waals surface area contributed by atoms with Gasteiger partial charge in [0.05, 0.1) is 0 Å². The Labute approximate surface area is 98.1 Å². The van der Waals surface area contributed by atoms with Crippen LogP contribution in [0, 0.1) is 6.92 Å². The highest BCUT2D eigenvalue weighted by Gasteiger charge is 2.16. The second-order valence-electron chi connectivity index (χ2n) is 5.18. The molecule has 0 aliphatic rings. The van der Waals surface area contributed by atoms with E-state index < -0.39 is 0 Å². The van der Waals surface area contributed by atoms with E-state index in [2.05, 4.69) is 39.1 Å². The fourth-order valence-corrected chi connectivity index (χ4v) is 1.83. The van der Waals surface area contributed by atoms with Gasteiger partial charge in [0.1, 0.15) is 0 Å². The number of aryl methyl sites for hydroxylation is 1. The number of carbonyl (C=O) groups excluding carboxylic acids is 1. The lowest BCUT2D eigenvalue weighted by Crippen LogP contribution is -2.14. The summed E-state index contributed by atoms with van der Waals surface area (Å²) < 4.78 is 0. The van der Waals surface area contributed by atoms with Crippen molar-refractivity contribution in [3.63, 3.8) is 0 Å². The Bertz CT molecular complexity index is 388. The first-order valence-electron chi connectivity index (χ1n) is 5.75. The van der Waals surface area contributed by atoms with Crippen molar-refractivity contribution in [3.8, 4) is 0 Å². The SMILES string of the molecule is CCC(=O)Nc1ccc(C(C)(C)C)c(C)c1. The summed E-state index contributed by atoms with van der Waals surface area (Å²) >= 11 is 0. The lowest BCUT2D eigenvalue weighted by molar-refractivity contribution is -0.115. The van der Waals surface area contributed by atoms with Gasteiger partial charge in [0.15, 0.2) is 0 Å². The molecular weight excluding hydrogens is 198 g/mol. The van der Waals surface area contributed by atoms with Gasteiger partial charge in [-0.3, -0.25) is 4.79 Å². The van der Waals surface area contributed by atoms with Crippen LogP contribution in [0.3, 0.4) is 0 Å². The largest absolute Gasteiger partial charge is 0.326 e. The molecule has 0 saturated carbocycles. The maximum Gasteiger partial charge on any atom is 0.224 e. The van der Waals surface area contributed by atoms with Crippen LogP contribution in [0.25, 0.3) is 0 Å². The second-order valence-corrected chi connectivity index (χ2v) is 5.18. The van der Waals surface area contributed by atoms with Crippen LogP contribution in [-0.2, 0) is 10.2 Å². The third-order valence-electron chi connectivity index (χ3n) is 2.64. The maximum absolute atomic E-state index is 11.3. The molecule has 1 N–H and O–H groups in total. The maximum atomic E-state index is 11.3. The van der Waals surface area contributed by atoms with E-state index in [4.69, 9.17) is 0 Å². The fourth-order valence-electron chi connectivity index (χ4n) is 1.83. The van der Waals surface area contributed by atoms with E-state index in [1.54, 1.807) is 0 Å². The summed E-state index contributed by atoms with van der Waals surface area (Å²) in [7, 11) is 0. The summed E-state index contributed by atoms with van der Waals surface area (Å²) in [5.41, 5.74) is 3.58. The third kappa shape index (κ3) is 3.09. The molecule has 1 amide bonds. The zero-order valence-corrected chi connectivity index (χ0v) is 10.8. The van der Waals surface area contributed by atoms with E-state index in [0.717, 1.165) is 5.69 Å². The van der Waals surface area contributed by atoms with E-state index in [0.29, 0.717) is 6.42 Å². The van der Waals surface area contributed by atoms with Crippen LogP contribution in [0.4, 0.5) is 5.69 Å². The van der Waals surface area contributed by atoms with Crippen LogP contribution in [0.15, 0.2) is 18.2 Å². The Morgan fingerprint density at radius 3 is 2.38 bits per heavy atom. The summed E-state index contributed by atoms with van der Waals surface area (Å²) in [6.45, 7) is 10.5. The van der Waals surface area contributed by atoms with Crippen molar-refractivity contribution in [2.24, 2.45) is 0 Å². The number of amides is 1. The zero-order valence-electron chi connectivity index (χ0n) is 10.8. The first kappa shape index (κ1) is 12.8. The van der Waals surface area contributed by atoms with Crippen molar-refractivity contribution < 1.29 is 4.79 Å². The smallest absolute Gasteiger partial charge is 0.224 e. The molecule has 0 spiro atoms. The molecule has 1 rings (SSSR count). The van der Waals surface area contributed by atoms with Gasteiger partial charge in [0.2, 0.25) is 5.91 Å². The topological polar surface area (TPSA) is 29.1 Å². The van der Waals surface area contributed by atoms with Crippen LogP contribution in [0.1, 0.15) is 45.2 Å². The normalized spacial score (nSPS) is 11.3. The molecule has 0 aliphatic heterocycles. The predicted molar refractivity (Wildman–Crippen MR) is 68.8 cm³/mol. The number of nitrogens with one attached hydrogen (secondary N) is 1. The van der Waals surface area contributed by atoms with E-state index >= 15 is 0 Å². The number of rotatable bonds is 2. The molecule has 16 heavy (non-hydrogen) atoms. The Kier molecular flexibility index (Phi) is 3.74. The number of benzene rings is 1. The van der Waals surface area contributed by atoms with Crippen molar-refractivity contribution in [3.05, 3.63) is 29.3 Å². The molecule has 0 fully saturated rings. The van der Waals surface area contributed by atoms with Gasteiger partial charge in [0, 0.05) is 12.1 Å². The predicted octanol–water partition coefficient (Wildman–Crippen LogP) is 3.64. The van der Waals surface area contributed by atoms with Crippen LogP contribution in [0.2, 0.25) is 0 Å².